The van der Waals surface area contributed by atoms with Gasteiger partial charge in [-0.2, -0.15) is 0 Å². The third-order valence-corrected chi connectivity index (χ3v) is 4.55. The van der Waals surface area contributed by atoms with Crippen molar-refractivity contribution in [1.29, 1.82) is 0 Å². The summed E-state index contributed by atoms with van der Waals surface area (Å²) in [6.45, 7) is 3.75. The van der Waals surface area contributed by atoms with Gasteiger partial charge in [-0.3, -0.25) is 0 Å². The third kappa shape index (κ3) is 3.99. The number of hydrogen-bond acceptors (Lipinski definition) is 2. The average molecular weight is 220 g/mol. The predicted octanol–water partition coefficient (Wildman–Crippen LogP) is 0.307. The fourth-order valence-corrected chi connectivity index (χ4v) is 3.33. The second kappa shape index (κ2) is 6.56. The second-order valence-electron chi connectivity index (χ2n) is 3.61. The minimum absolute atomic E-state index is 0.164. The van der Waals surface area contributed by atoms with E-state index in [1.165, 1.54) is 16.8 Å². The summed E-state index contributed by atoms with van der Waals surface area (Å²) in [5.41, 5.74) is 1.20. The molecule has 1 aromatic rings. The molecule has 0 spiro atoms. The van der Waals surface area contributed by atoms with Gasteiger partial charge in [0.2, 0.25) is 0 Å². The van der Waals surface area contributed by atoms with E-state index in [4.69, 9.17) is 0 Å². The summed E-state index contributed by atoms with van der Waals surface area (Å²) in [6.07, 6.45) is 2.34. The first kappa shape index (κ1) is 12.2. The highest BCUT2D eigenvalue weighted by Gasteiger charge is 2.02. The third-order valence-electron chi connectivity index (χ3n) is 2.63. The van der Waals surface area contributed by atoms with Crippen molar-refractivity contribution < 1.29 is 0 Å². The fraction of sp³-hybridized carbons (Fsp3) is 0.333. The zero-order valence-electron chi connectivity index (χ0n) is 9.59. The number of nitrogens with one attached hydrogen (secondary N) is 2. The van der Waals surface area contributed by atoms with Crippen molar-refractivity contribution in [2.24, 2.45) is 0 Å². The first-order valence-electron chi connectivity index (χ1n) is 5.36. The van der Waals surface area contributed by atoms with E-state index in [0.717, 1.165) is 0 Å². The van der Waals surface area contributed by atoms with E-state index in [9.17, 15) is 0 Å². The quantitative estimate of drug-likeness (QED) is 0.532. The maximum absolute atomic E-state index is 3.75. The Balaban J connectivity index is 2.46. The standard InChI is InChI=1S/C12H20N2Si/c1-4-10-5-7-11(8-6-10)15-9-12(13-2)14-3/h4-8,12-14H,1,9,15H2,2-3H3. The van der Waals surface area contributed by atoms with E-state index in [0.29, 0.717) is 6.17 Å². The number of rotatable bonds is 6. The van der Waals surface area contributed by atoms with Crippen molar-refractivity contribution in [3.05, 3.63) is 36.4 Å². The molecule has 2 N–H and O–H groups in total. The summed E-state index contributed by atoms with van der Waals surface area (Å²) in [5.74, 6) is 0. The van der Waals surface area contributed by atoms with Crippen molar-refractivity contribution in [2.45, 2.75) is 12.2 Å². The van der Waals surface area contributed by atoms with Crippen LogP contribution in [0.2, 0.25) is 6.04 Å². The molecule has 15 heavy (non-hydrogen) atoms. The zero-order valence-corrected chi connectivity index (χ0v) is 11.0. The van der Waals surface area contributed by atoms with Gasteiger partial charge in [0.05, 0.1) is 15.7 Å². The van der Waals surface area contributed by atoms with Gasteiger partial charge in [0.25, 0.3) is 0 Å². The average Bonchev–Trinajstić information content (AvgIpc) is 2.31. The minimum atomic E-state index is -0.164. The topological polar surface area (TPSA) is 24.1 Å². The summed E-state index contributed by atoms with van der Waals surface area (Å²) < 4.78 is 0. The van der Waals surface area contributed by atoms with Crippen molar-refractivity contribution in [3.63, 3.8) is 0 Å². The first-order chi connectivity index (χ1) is 7.30. The van der Waals surface area contributed by atoms with Gasteiger partial charge in [0.15, 0.2) is 0 Å². The Kier molecular flexibility index (Phi) is 5.32. The van der Waals surface area contributed by atoms with Gasteiger partial charge in [-0.05, 0) is 25.7 Å². The molecule has 0 saturated carbocycles. The molecule has 0 fully saturated rings. The van der Waals surface area contributed by atoms with Crippen LogP contribution in [-0.2, 0) is 0 Å². The Labute approximate surface area is 94.6 Å². The van der Waals surface area contributed by atoms with E-state index >= 15 is 0 Å². The Morgan fingerprint density at radius 3 is 2.33 bits per heavy atom. The Bertz CT molecular complexity index is 291. The SMILES string of the molecule is C=Cc1ccc([SiH2]CC(NC)NC)cc1. The summed E-state index contributed by atoms with van der Waals surface area (Å²) in [5, 5.41) is 8.01. The Hall–Kier alpha value is -0.903. The molecule has 1 aromatic carbocycles. The van der Waals surface area contributed by atoms with Gasteiger partial charge in [0.1, 0.15) is 0 Å². The molecule has 0 unspecified atom stereocenters. The highest BCUT2D eigenvalue weighted by Crippen LogP contribution is 1.98. The van der Waals surface area contributed by atoms with Crippen LogP contribution in [0.3, 0.4) is 0 Å². The van der Waals surface area contributed by atoms with Gasteiger partial charge < -0.3 is 10.6 Å². The van der Waals surface area contributed by atoms with E-state index in [1.807, 2.05) is 20.2 Å². The van der Waals surface area contributed by atoms with E-state index in [2.05, 4.69) is 41.5 Å². The van der Waals surface area contributed by atoms with Crippen molar-refractivity contribution >= 4 is 20.8 Å². The summed E-state index contributed by atoms with van der Waals surface area (Å²) >= 11 is 0. The van der Waals surface area contributed by atoms with Gasteiger partial charge in [-0.1, -0.05) is 42.1 Å². The molecule has 0 aliphatic heterocycles. The van der Waals surface area contributed by atoms with Gasteiger partial charge in [-0.15, -0.1) is 0 Å². The van der Waals surface area contributed by atoms with Crippen LogP contribution in [0.25, 0.3) is 6.08 Å². The zero-order chi connectivity index (χ0) is 11.1. The molecule has 0 atom stereocenters. The molecule has 82 valence electrons. The van der Waals surface area contributed by atoms with Crippen LogP contribution in [0.1, 0.15) is 5.56 Å². The van der Waals surface area contributed by atoms with Crippen LogP contribution in [0.4, 0.5) is 0 Å². The van der Waals surface area contributed by atoms with Crippen LogP contribution in [-0.4, -0.2) is 29.8 Å². The van der Waals surface area contributed by atoms with E-state index < -0.39 is 0 Å². The van der Waals surface area contributed by atoms with E-state index in [1.54, 1.807) is 0 Å². The highest BCUT2D eigenvalue weighted by molar-refractivity contribution is 6.53. The minimum Gasteiger partial charge on any atom is -0.305 e. The van der Waals surface area contributed by atoms with Gasteiger partial charge in [0, 0.05) is 0 Å². The molecule has 2 nitrogen and oxygen atoms in total. The van der Waals surface area contributed by atoms with Crippen LogP contribution < -0.4 is 15.8 Å². The smallest absolute Gasteiger partial charge is 0.0576 e. The maximum Gasteiger partial charge on any atom is 0.0576 e. The lowest BCUT2D eigenvalue weighted by atomic mass is 10.2. The fourth-order valence-electron chi connectivity index (χ4n) is 1.56. The predicted molar refractivity (Wildman–Crippen MR) is 71.4 cm³/mol. The lowest BCUT2D eigenvalue weighted by Gasteiger charge is -2.14. The monoisotopic (exact) mass is 220 g/mol. The van der Waals surface area contributed by atoms with Crippen LogP contribution >= 0.6 is 0 Å². The summed E-state index contributed by atoms with van der Waals surface area (Å²) in [7, 11) is 3.83. The molecule has 0 amide bonds. The van der Waals surface area contributed by atoms with Crippen molar-refractivity contribution in [1.82, 2.24) is 10.6 Å². The number of hydrogen-bond donors (Lipinski definition) is 2. The van der Waals surface area contributed by atoms with Crippen molar-refractivity contribution in [3.8, 4) is 0 Å². The lowest BCUT2D eigenvalue weighted by molar-refractivity contribution is 0.536. The van der Waals surface area contributed by atoms with Crippen LogP contribution in [0.5, 0.6) is 0 Å². The molecule has 0 aromatic heterocycles. The molecule has 3 heteroatoms. The van der Waals surface area contributed by atoms with Crippen LogP contribution in [0, 0.1) is 0 Å². The molecule has 0 heterocycles. The summed E-state index contributed by atoms with van der Waals surface area (Å²) in [6, 6.07) is 9.98. The molecule has 0 saturated heterocycles. The number of benzene rings is 1. The van der Waals surface area contributed by atoms with Crippen molar-refractivity contribution in [2.75, 3.05) is 14.1 Å². The largest absolute Gasteiger partial charge is 0.305 e. The molecule has 0 bridgehead atoms. The molecular formula is C12H20N2Si. The first-order valence-corrected chi connectivity index (χ1v) is 7.06. The second-order valence-corrected chi connectivity index (χ2v) is 5.51. The van der Waals surface area contributed by atoms with Crippen LogP contribution in [0.15, 0.2) is 30.8 Å². The molecule has 1 rings (SSSR count). The Morgan fingerprint density at radius 1 is 1.27 bits per heavy atom. The van der Waals surface area contributed by atoms with Gasteiger partial charge >= 0.3 is 0 Å². The molecule has 0 aliphatic carbocycles. The molecule has 0 radical (unpaired) electrons. The highest BCUT2D eigenvalue weighted by atomic mass is 28.2. The van der Waals surface area contributed by atoms with E-state index in [-0.39, 0.29) is 9.52 Å². The van der Waals surface area contributed by atoms with Gasteiger partial charge in [-0.25, -0.2) is 0 Å². The summed E-state index contributed by atoms with van der Waals surface area (Å²) in [4.78, 5) is 0. The normalized spacial score (nSPS) is 11.4. The maximum atomic E-state index is 3.75. The Morgan fingerprint density at radius 2 is 1.87 bits per heavy atom. The lowest BCUT2D eigenvalue weighted by Crippen LogP contribution is -2.39. The molecule has 0 aliphatic rings. The molecular weight excluding hydrogens is 200 g/mol.